The molecule has 0 aromatic heterocycles. The van der Waals surface area contributed by atoms with Crippen LogP contribution in [0.1, 0.15) is 47.0 Å². The predicted octanol–water partition coefficient (Wildman–Crippen LogP) is 2.51. The summed E-state index contributed by atoms with van der Waals surface area (Å²) in [5.41, 5.74) is -0.684. The first-order valence-electron chi connectivity index (χ1n) is 6.37. The van der Waals surface area contributed by atoms with Crippen molar-refractivity contribution < 1.29 is 9.90 Å². The molecule has 0 heterocycles. The van der Waals surface area contributed by atoms with Gasteiger partial charge in [0.1, 0.15) is 5.54 Å². The molecule has 0 spiro atoms. The summed E-state index contributed by atoms with van der Waals surface area (Å²) in [6.45, 7) is 9.28. The Bertz CT molecular complexity index is 252. The van der Waals surface area contributed by atoms with Gasteiger partial charge in [-0.3, -0.25) is 4.79 Å². The number of carboxylic acids is 1. The van der Waals surface area contributed by atoms with Gasteiger partial charge in [-0.1, -0.05) is 27.7 Å². The second-order valence-electron chi connectivity index (χ2n) is 5.83. The summed E-state index contributed by atoms with van der Waals surface area (Å²) in [7, 11) is 0. The molecule has 3 atom stereocenters. The highest BCUT2D eigenvalue weighted by atomic mass is 16.4. The van der Waals surface area contributed by atoms with Crippen LogP contribution < -0.4 is 5.32 Å². The lowest BCUT2D eigenvalue weighted by Crippen LogP contribution is -2.59. The van der Waals surface area contributed by atoms with Crippen molar-refractivity contribution in [2.45, 2.75) is 52.5 Å². The van der Waals surface area contributed by atoms with E-state index in [4.69, 9.17) is 0 Å². The molecule has 0 radical (unpaired) electrons. The van der Waals surface area contributed by atoms with Gasteiger partial charge in [0, 0.05) is 0 Å². The van der Waals surface area contributed by atoms with Gasteiger partial charge in [-0.05, 0) is 43.6 Å². The minimum absolute atomic E-state index is 0.215. The average Bonchev–Trinajstić information content (AvgIpc) is 2.16. The molecular weight excluding hydrogens is 202 g/mol. The SMILES string of the molecule is CC(C)CNC1(C(=O)O)CCC(C)CC1C. The van der Waals surface area contributed by atoms with Crippen molar-refractivity contribution in [1.29, 1.82) is 0 Å². The second kappa shape index (κ2) is 5.17. The molecule has 0 aliphatic heterocycles. The molecule has 3 nitrogen and oxygen atoms in total. The molecule has 94 valence electrons. The lowest BCUT2D eigenvalue weighted by atomic mass is 9.70. The molecule has 0 amide bonds. The lowest BCUT2D eigenvalue weighted by Gasteiger charge is -2.42. The normalized spacial score (nSPS) is 35.3. The van der Waals surface area contributed by atoms with Gasteiger partial charge in [0.25, 0.3) is 0 Å². The predicted molar refractivity (Wildman–Crippen MR) is 65.4 cm³/mol. The highest BCUT2D eigenvalue weighted by Gasteiger charge is 2.46. The van der Waals surface area contributed by atoms with Crippen LogP contribution >= 0.6 is 0 Å². The monoisotopic (exact) mass is 227 g/mol. The van der Waals surface area contributed by atoms with Crippen molar-refractivity contribution in [3.8, 4) is 0 Å². The highest BCUT2D eigenvalue weighted by molar-refractivity contribution is 5.79. The van der Waals surface area contributed by atoms with Gasteiger partial charge in [-0.25, -0.2) is 0 Å². The number of carboxylic acid groups (broad SMARTS) is 1. The topological polar surface area (TPSA) is 49.3 Å². The number of aliphatic carboxylic acids is 1. The number of rotatable bonds is 4. The standard InChI is InChI=1S/C13H25NO2/c1-9(2)8-14-13(12(15)16)6-5-10(3)7-11(13)4/h9-11,14H,5-8H2,1-4H3,(H,15,16). The first kappa shape index (κ1) is 13.5. The molecule has 1 rings (SSSR count). The van der Waals surface area contributed by atoms with Crippen LogP contribution in [0.25, 0.3) is 0 Å². The Morgan fingerprint density at radius 1 is 1.50 bits per heavy atom. The maximum Gasteiger partial charge on any atom is 0.324 e. The van der Waals surface area contributed by atoms with E-state index in [0.29, 0.717) is 11.8 Å². The van der Waals surface area contributed by atoms with E-state index in [1.807, 2.05) is 0 Å². The van der Waals surface area contributed by atoms with Crippen LogP contribution in [0.3, 0.4) is 0 Å². The molecule has 1 aliphatic carbocycles. The maximum atomic E-state index is 11.5. The first-order chi connectivity index (χ1) is 7.38. The van der Waals surface area contributed by atoms with Crippen molar-refractivity contribution in [3.05, 3.63) is 0 Å². The third kappa shape index (κ3) is 2.76. The van der Waals surface area contributed by atoms with E-state index in [-0.39, 0.29) is 5.92 Å². The van der Waals surface area contributed by atoms with Gasteiger partial charge in [0.15, 0.2) is 0 Å². The van der Waals surface area contributed by atoms with E-state index in [1.54, 1.807) is 0 Å². The third-order valence-corrected chi connectivity index (χ3v) is 3.84. The van der Waals surface area contributed by atoms with Gasteiger partial charge in [0.05, 0.1) is 0 Å². The van der Waals surface area contributed by atoms with Crippen LogP contribution in [0.2, 0.25) is 0 Å². The van der Waals surface area contributed by atoms with Crippen LogP contribution in [-0.2, 0) is 4.79 Å². The highest BCUT2D eigenvalue weighted by Crippen LogP contribution is 2.37. The molecule has 2 N–H and O–H groups in total. The zero-order valence-corrected chi connectivity index (χ0v) is 10.9. The smallest absolute Gasteiger partial charge is 0.324 e. The third-order valence-electron chi connectivity index (χ3n) is 3.84. The Balaban J connectivity index is 2.75. The summed E-state index contributed by atoms with van der Waals surface area (Å²) >= 11 is 0. The fourth-order valence-corrected chi connectivity index (χ4v) is 2.69. The Morgan fingerprint density at radius 3 is 2.56 bits per heavy atom. The van der Waals surface area contributed by atoms with E-state index in [9.17, 15) is 9.90 Å². The molecule has 1 saturated carbocycles. The van der Waals surface area contributed by atoms with Crippen LogP contribution in [-0.4, -0.2) is 23.2 Å². The van der Waals surface area contributed by atoms with Crippen LogP contribution in [0, 0.1) is 17.8 Å². The summed E-state index contributed by atoms with van der Waals surface area (Å²) < 4.78 is 0. The average molecular weight is 227 g/mol. The van der Waals surface area contributed by atoms with E-state index in [1.165, 1.54) is 0 Å². The summed E-state index contributed by atoms with van der Waals surface area (Å²) in [5.74, 6) is 0.686. The summed E-state index contributed by atoms with van der Waals surface area (Å²) in [6, 6.07) is 0. The number of hydrogen-bond donors (Lipinski definition) is 2. The maximum absolute atomic E-state index is 11.5. The lowest BCUT2D eigenvalue weighted by molar-refractivity contribution is -0.149. The zero-order chi connectivity index (χ0) is 12.3. The van der Waals surface area contributed by atoms with Crippen LogP contribution in [0.15, 0.2) is 0 Å². The van der Waals surface area contributed by atoms with Crippen molar-refractivity contribution >= 4 is 5.97 Å². The van der Waals surface area contributed by atoms with E-state index in [0.717, 1.165) is 25.8 Å². The van der Waals surface area contributed by atoms with Gasteiger partial charge in [-0.15, -0.1) is 0 Å². The Hall–Kier alpha value is -0.570. The Labute approximate surface area is 98.6 Å². The van der Waals surface area contributed by atoms with Crippen molar-refractivity contribution in [2.24, 2.45) is 17.8 Å². The van der Waals surface area contributed by atoms with E-state index >= 15 is 0 Å². The fourth-order valence-electron chi connectivity index (χ4n) is 2.69. The van der Waals surface area contributed by atoms with Crippen LogP contribution in [0.4, 0.5) is 0 Å². The largest absolute Gasteiger partial charge is 0.480 e. The van der Waals surface area contributed by atoms with Gasteiger partial charge >= 0.3 is 5.97 Å². The molecule has 0 bridgehead atoms. The van der Waals surface area contributed by atoms with Gasteiger partial charge < -0.3 is 10.4 Å². The van der Waals surface area contributed by atoms with Gasteiger partial charge in [-0.2, -0.15) is 0 Å². The molecule has 3 heteroatoms. The Kier molecular flexibility index (Phi) is 4.36. The molecule has 0 aromatic rings. The molecular formula is C13H25NO2. The minimum Gasteiger partial charge on any atom is -0.480 e. The number of carbonyl (C=O) groups is 1. The molecule has 0 aromatic carbocycles. The number of nitrogens with one attached hydrogen (secondary N) is 1. The number of hydrogen-bond acceptors (Lipinski definition) is 2. The van der Waals surface area contributed by atoms with E-state index in [2.05, 4.69) is 33.0 Å². The summed E-state index contributed by atoms with van der Waals surface area (Å²) in [5, 5.41) is 12.8. The van der Waals surface area contributed by atoms with Crippen LogP contribution in [0.5, 0.6) is 0 Å². The van der Waals surface area contributed by atoms with E-state index < -0.39 is 11.5 Å². The zero-order valence-electron chi connectivity index (χ0n) is 10.9. The van der Waals surface area contributed by atoms with Crippen molar-refractivity contribution in [1.82, 2.24) is 5.32 Å². The molecule has 3 unspecified atom stereocenters. The summed E-state index contributed by atoms with van der Waals surface area (Å²) in [4.78, 5) is 11.5. The molecule has 1 fully saturated rings. The molecule has 1 aliphatic rings. The quantitative estimate of drug-likeness (QED) is 0.776. The second-order valence-corrected chi connectivity index (χ2v) is 5.83. The Morgan fingerprint density at radius 2 is 2.12 bits per heavy atom. The van der Waals surface area contributed by atoms with Gasteiger partial charge in [0.2, 0.25) is 0 Å². The molecule has 16 heavy (non-hydrogen) atoms. The molecule has 0 saturated heterocycles. The first-order valence-corrected chi connectivity index (χ1v) is 6.37. The fraction of sp³-hybridized carbons (Fsp3) is 0.923. The summed E-state index contributed by atoms with van der Waals surface area (Å²) in [6.07, 6.45) is 2.79. The van der Waals surface area contributed by atoms with Crippen molar-refractivity contribution in [3.63, 3.8) is 0 Å². The van der Waals surface area contributed by atoms with Crippen molar-refractivity contribution in [2.75, 3.05) is 6.54 Å². The minimum atomic E-state index is -0.684.